The summed E-state index contributed by atoms with van der Waals surface area (Å²) >= 11 is 7.17. The predicted octanol–water partition coefficient (Wildman–Crippen LogP) is 6.37. The highest BCUT2D eigenvalue weighted by Crippen LogP contribution is 2.40. The minimum absolute atomic E-state index is 0.0317. The van der Waals surface area contributed by atoms with E-state index < -0.39 is 64.7 Å². The third kappa shape index (κ3) is 10.5. The summed E-state index contributed by atoms with van der Waals surface area (Å²) in [5.74, 6) is -1.27. The third-order valence-electron chi connectivity index (χ3n) is 11.9. The zero-order valence-corrected chi connectivity index (χ0v) is 39.5. The molecule has 68 heavy (non-hydrogen) atoms. The number of anilines is 2. The largest absolute Gasteiger partial charge is 0.493 e. The number of hydrogen-bond donors (Lipinski definition) is 2. The average Bonchev–Trinajstić information content (AvgIpc) is 4.05. The molecule has 2 N–H and O–H groups in total. The number of amides is 4. The maximum absolute atomic E-state index is 14.1. The molecule has 3 aromatic carbocycles. The lowest BCUT2D eigenvalue weighted by atomic mass is 10.0. The van der Waals surface area contributed by atoms with Gasteiger partial charge in [-0.2, -0.15) is 18.4 Å². The van der Waals surface area contributed by atoms with Crippen LogP contribution >= 0.6 is 23.6 Å². The van der Waals surface area contributed by atoms with Gasteiger partial charge in [-0.25, -0.2) is 4.98 Å². The zero-order chi connectivity index (χ0) is 49.1. The molecule has 0 unspecified atom stereocenters. The highest BCUT2D eigenvalue weighted by molar-refractivity contribution is 7.81. The van der Waals surface area contributed by atoms with E-state index in [1.54, 1.807) is 59.9 Å². The molecule has 15 nitrogen and oxygen atoms in total. The maximum Gasteiger partial charge on any atom is 0.417 e. The van der Waals surface area contributed by atoms with E-state index in [9.17, 15) is 42.7 Å². The lowest BCUT2D eigenvalue weighted by Gasteiger charge is -2.35. The number of thiocarbonyl (C=S) groups is 1. The lowest BCUT2D eigenvalue weighted by Crippen LogP contribution is -2.55. The molecule has 0 spiro atoms. The Morgan fingerprint density at radius 2 is 1.69 bits per heavy atom. The van der Waals surface area contributed by atoms with Crippen molar-refractivity contribution in [1.29, 1.82) is 5.26 Å². The number of ether oxygens (including phenoxy) is 3. The number of β-amino-alcohol motifs (C(OH)–C–C–N with tert-alkyl or cyclic N) is 1. The van der Waals surface area contributed by atoms with Crippen molar-refractivity contribution in [2.45, 2.75) is 77.5 Å². The fraction of sp³-hybridized carbons (Fsp3) is 0.396. The number of likely N-dealkylation sites (tertiary alicyclic amines) is 1. The van der Waals surface area contributed by atoms with E-state index >= 15 is 0 Å². The van der Waals surface area contributed by atoms with Gasteiger partial charge in [0, 0.05) is 31.3 Å². The Balaban J connectivity index is 0.851. The molecule has 3 aliphatic rings. The SMILES string of the molecule is Cc1ncsc1-c1ccc(CNC(=O)[C@@H]2C[C@@H](O)CN2C(=O)[C@H](C(C)C)N2CC(OCCOCCOc3ccc(N4C(=S)N(c5ccc(C#N)c(C(F)(F)F)c5)C(=O)C4(C)C)cc3)=CC2=O)cc1. The van der Waals surface area contributed by atoms with Crippen molar-refractivity contribution >= 4 is 63.7 Å². The van der Waals surface area contributed by atoms with Gasteiger partial charge in [-0.05, 0) is 92.5 Å². The van der Waals surface area contributed by atoms with Crippen LogP contribution in [0, 0.1) is 24.2 Å². The van der Waals surface area contributed by atoms with Crippen LogP contribution in [-0.4, -0.2) is 112 Å². The Hall–Kier alpha value is -6.40. The second kappa shape index (κ2) is 20.4. The minimum Gasteiger partial charge on any atom is -0.493 e. The molecular formula is C48H50F3N7O8S2. The molecule has 0 bridgehead atoms. The summed E-state index contributed by atoms with van der Waals surface area (Å²) in [5, 5.41) is 22.7. The lowest BCUT2D eigenvalue weighted by molar-refractivity contribution is -0.147. The number of aliphatic hydroxyl groups is 1. The number of thiazole rings is 1. The predicted molar refractivity (Wildman–Crippen MR) is 250 cm³/mol. The fourth-order valence-electron chi connectivity index (χ4n) is 8.45. The molecule has 4 amide bonds. The third-order valence-corrected chi connectivity index (χ3v) is 13.2. The van der Waals surface area contributed by atoms with E-state index in [4.69, 9.17) is 26.4 Å². The Labute approximate surface area is 400 Å². The number of aryl methyl sites for hydroxylation is 1. The van der Waals surface area contributed by atoms with Gasteiger partial charge in [-0.1, -0.05) is 38.1 Å². The molecule has 2 saturated heterocycles. The van der Waals surface area contributed by atoms with Gasteiger partial charge < -0.3 is 39.3 Å². The van der Waals surface area contributed by atoms with Gasteiger partial charge in [0.1, 0.15) is 42.3 Å². The Morgan fingerprint density at radius 3 is 2.32 bits per heavy atom. The number of benzene rings is 3. The van der Waals surface area contributed by atoms with Gasteiger partial charge >= 0.3 is 6.18 Å². The molecule has 4 heterocycles. The maximum atomic E-state index is 14.1. The number of aromatic nitrogens is 1. The van der Waals surface area contributed by atoms with E-state index in [1.807, 2.05) is 45.0 Å². The van der Waals surface area contributed by atoms with Crippen LogP contribution in [0.25, 0.3) is 10.4 Å². The molecular weight excluding hydrogens is 924 g/mol. The topological polar surface area (TPSA) is 178 Å². The van der Waals surface area contributed by atoms with Crippen molar-refractivity contribution in [3.05, 3.63) is 106 Å². The van der Waals surface area contributed by atoms with E-state index in [1.165, 1.54) is 28.0 Å². The fourth-order valence-corrected chi connectivity index (χ4v) is 9.79. The van der Waals surface area contributed by atoms with Crippen LogP contribution in [0.5, 0.6) is 5.75 Å². The van der Waals surface area contributed by atoms with E-state index in [0.717, 1.165) is 38.7 Å². The standard InChI is InChI=1S/C48H50F3N7O8S2/c1-28(2)41(44(62)55-25-35(59)21-39(55)43(61)53-24-30-6-8-31(9-7-30)42-29(3)54-27-68-42)56-26-37(22-40(56)60)66-19-17-64-16-18-65-36-14-12-33(13-15-36)58-46(67)57(45(63)47(58,4)5)34-11-10-32(23-52)38(20-34)48(49,50)51/h6-15,20,22,27-28,35,39,41,59H,16-19,21,24-26H2,1-5H3,(H,53,61)/t35-,39+,41+/m1/s1. The second-order valence-corrected chi connectivity index (χ2v) is 18.5. The number of carbonyl (C=O) groups excluding carboxylic acids is 4. The summed E-state index contributed by atoms with van der Waals surface area (Å²) in [6.45, 7) is 9.65. The van der Waals surface area contributed by atoms with Crippen LogP contribution in [0.1, 0.15) is 56.5 Å². The number of nitriles is 1. The second-order valence-electron chi connectivity index (χ2n) is 17.3. The summed E-state index contributed by atoms with van der Waals surface area (Å²) in [7, 11) is 0. The molecule has 7 rings (SSSR count). The van der Waals surface area contributed by atoms with Crippen molar-refractivity contribution < 1.29 is 51.7 Å². The van der Waals surface area contributed by atoms with Crippen LogP contribution in [0.15, 0.2) is 84.1 Å². The molecule has 358 valence electrons. The van der Waals surface area contributed by atoms with E-state index in [-0.39, 0.29) is 69.2 Å². The smallest absolute Gasteiger partial charge is 0.417 e. The van der Waals surface area contributed by atoms with Gasteiger partial charge in [0.2, 0.25) is 11.8 Å². The van der Waals surface area contributed by atoms with Crippen molar-refractivity contribution in [1.82, 2.24) is 20.1 Å². The number of carbonyl (C=O) groups is 4. The van der Waals surface area contributed by atoms with Crippen LogP contribution in [0.2, 0.25) is 0 Å². The average molecular weight is 974 g/mol. The number of hydrogen-bond acceptors (Lipinski definition) is 12. The van der Waals surface area contributed by atoms with Crippen LogP contribution in [-0.2, 0) is 41.4 Å². The molecule has 0 radical (unpaired) electrons. The first-order valence-corrected chi connectivity index (χ1v) is 23.1. The van der Waals surface area contributed by atoms with Crippen LogP contribution < -0.4 is 19.9 Å². The molecule has 2 fully saturated rings. The van der Waals surface area contributed by atoms with Gasteiger partial charge in [0.25, 0.3) is 11.8 Å². The highest BCUT2D eigenvalue weighted by atomic mass is 32.1. The van der Waals surface area contributed by atoms with E-state index in [2.05, 4.69) is 10.3 Å². The van der Waals surface area contributed by atoms with Crippen molar-refractivity contribution in [2.24, 2.45) is 5.92 Å². The quantitative estimate of drug-likeness (QED) is 0.0885. The van der Waals surface area contributed by atoms with E-state index in [0.29, 0.717) is 17.2 Å². The normalized spacial score (nSPS) is 18.6. The van der Waals surface area contributed by atoms with Gasteiger partial charge in [-0.3, -0.25) is 24.1 Å². The van der Waals surface area contributed by atoms with Crippen LogP contribution in [0.4, 0.5) is 24.5 Å². The van der Waals surface area contributed by atoms with Crippen LogP contribution in [0.3, 0.4) is 0 Å². The Kier molecular flexibility index (Phi) is 14.9. The summed E-state index contributed by atoms with van der Waals surface area (Å²) in [6.07, 6.45) is -4.31. The number of halogens is 3. The Bertz CT molecular complexity index is 2630. The first kappa shape index (κ1) is 49.5. The van der Waals surface area contributed by atoms with Crippen molar-refractivity contribution in [2.75, 3.05) is 49.3 Å². The molecule has 4 aromatic rings. The molecule has 1 aromatic heterocycles. The summed E-state index contributed by atoms with van der Waals surface area (Å²) in [5.41, 5.74) is 2.05. The number of nitrogens with zero attached hydrogens (tertiary/aromatic N) is 6. The molecule has 0 aliphatic carbocycles. The molecule has 3 atom stereocenters. The zero-order valence-electron chi connectivity index (χ0n) is 37.9. The summed E-state index contributed by atoms with van der Waals surface area (Å²) in [6, 6.07) is 17.2. The van der Waals surface area contributed by atoms with Crippen molar-refractivity contribution in [3.63, 3.8) is 0 Å². The van der Waals surface area contributed by atoms with Gasteiger partial charge in [0.05, 0.1) is 64.8 Å². The summed E-state index contributed by atoms with van der Waals surface area (Å²) in [4.78, 5) is 65.2. The molecule has 20 heteroatoms. The van der Waals surface area contributed by atoms with Gasteiger partial charge in [-0.15, -0.1) is 11.3 Å². The number of nitrogens with one attached hydrogen (secondary N) is 1. The minimum atomic E-state index is -4.82. The first-order chi connectivity index (χ1) is 32.3. The highest BCUT2D eigenvalue weighted by Gasteiger charge is 2.51. The Morgan fingerprint density at radius 1 is 1.01 bits per heavy atom. The molecule has 0 saturated carbocycles. The van der Waals surface area contributed by atoms with Crippen molar-refractivity contribution in [3.8, 4) is 22.3 Å². The van der Waals surface area contributed by atoms with Gasteiger partial charge in [0.15, 0.2) is 5.11 Å². The monoisotopic (exact) mass is 973 g/mol. The number of aliphatic hydroxyl groups excluding tert-OH is 1. The summed E-state index contributed by atoms with van der Waals surface area (Å²) < 4.78 is 58.5. The number of rotatable bonds is 17. The number of alkyl halides is 3. The first-order valence-electron chi connectivity index (χ1n) is 21.8. The molecule has 3 aliphatic heterocycles.